The molecule has 15 heavy (non-hydrogen) atoms. The summed E-state index contributed by atoms with van der Waals surface area (Å²) < 4.78 is 13.7. The summed E-state index contributed by atoms with van der Waals surface area (Å²) in [6.45, 7) is 3.75. The lowest BCUT2D eigenvalue weighted by atomic mass is 10.2. The van der Waals surface area contributed by atoms with Crippen molar-refractivity contribution in [2.75, 3.05) is 11.9 Å². The summed E-state index contributed by atoms with van der Waals surface area (Å²) in [5.41, 5.74) is 0.533. The Balaban J connectivity index is 2.98. The molecule has 0 aliphatic rings. The van der Waals surface area contributed by atoms with Crippen LogP contribution in [0.5, 0.6) is 0 Å². The molecule has 0 bridgehead atoms. The van der Waals surface area contributed by atoms with Gasteiger partial charge < -0.3 is 5.32 Å². The smallest absolute Gasteiger partial charge is 0.161 e. The maximum Gasteiger partial charge on any atom is 0.161 e. The molecule has 0 aliphatic carbocycles. The number of hydrogen-bond donors (Lipinski definition) is 1. The topological polar surface area (TPSA) is 35.8 Å². The van der Waals surface area contributed by atoms with Gasteiger partial charge in [0, 0.05) is 5.03 Å². The van der Waals surface area contributed by atoms with Crippen LogP contribution >= 0.6 is 27.5 Å². The van der Waals surface area contributed by atoms with E-state index in [-0.39, 0.29) is 22.3 Å². The van der Waals surface area contributed by atoms with Gasteiger partial charge in [0.05, 0.1) is 22.3 Å². The zero-order valence-electron chi connectivity index (χ0n) is 7.65. The highest BCUT2D eigenvalue weighted by Gasteiger charge is 2.10. The van der Waals surface area contributed by atoms with Crippen molar-refractivity contribution in [2.45, 2.75) is 0 Å². The van der Waals surface area contributed by atoms with E-state index in [9.17, 15) is 4.39 Å². The van der Waals surface area contributed by atoms with Gasteiger partial charge in [0.25, 0.3) is 0 Å². The van der Waals surface area contributed by atoms with Crippen molar-refractivity contribution in [1.29, 1.82) is 5.26 Å². The van der Waals surface area contributed by atoms with Gasteiger partial charge in [-0.1, -0.05) is 18.2 Å². The van der Waals surface area contributed by atoms with Crippen molar-refractivity contribution in [3.05, 3.63) is 39.6 Å². The molecule has 78 valence electrons. The molecule has 0 aliphatic heterocycles. The van der Waals surface area contributed by atoms with E-state index in [1.807, 2.05) is 6.07 Å². The zero-order valence-corrected chi connectivity index (χ0v) is 9.99. The third kappa shape index (κ3) is 2.95. The molecule has 0 saturated carbocycles. The van der Waals surface area contributed by atoms with Gasteiger partial charge in [-0.05, 0) is 28.1 Å². The highest BCUT2D eigenvalue weighted by molar-refractivity contribution is 9.10. The van der Waals surface area contributed by atoms with Crippen LogP contribution in [0, 0.1) is 17.1 Å². The molecule has 0 unspecified atom stereocenters. The zero-order chi connectivity index (χ0) is 11.4. The van der Waals surface area contributed by atoms with Crippen molar-refractivity contribution < 1.29 is 4.39 Å². The molecular weight excluding hydrogens is 282 g/mol. The predicted octanol–water partition coefficient (Wildman–Crippen LogP) is 3.62. The van der Waals surface area contributed by atoms with Crippen LogP contribution in [0.1, 0.15) is 5.56 Å². The van der Waals surface area contributed by atoms with E-state index in [1.54, 1.807) is 0 Å². The molecule has 0 spiro atoms. The monoisotopic (exact) mass is 288 g/mol. The van der Waals surface area contributed by atoms with Crippen LogP contribution < -0.4 is 5.32 Å². The van der Waals surface area contributed by atoms with E-state index < -0.39 is 5.82 Å². The van der Waals surface area contributed by atoms with Crippen LogP contribution in [0.15, 0.2) is 28.2 Å². The van der Waals surface area contributed by atoms with Crippen LogP contribution in [0.25, 0.3) is 0 Å². The summed E-state index contributed by atoms with van der Waals surface area (Å²) >= 11 is 8.54. The largest absolute Gasteiger partial charge is 0.378 e. The normalized spacial score (nSPS) is 9.47. The lowest BCUT2D eigenvalue weighted by Crippen LogP contribution is -2.03. The van der Waals surface area contributed by atoms with Crippen molar-refractivity contribution in [2.24, 2.45) is 0 Å². The van der Waals surface area contributed by atoms with Gasteiger partial charge in [0.1, 0.15) is 6.07 Å². The van der Waals surface area contributed by atoms with Crippen LogP contribution in [-0.4, -0.2) is 6.54 Å². The minimum atomic E-state index is -0.507. The molecule has 0 fully saturated rings. The van der Waals surface area contributed by atoms with Gasteiger partial charge in [-0.15, -0.1) is 0 Å². The van der Waals surface area contributed by atoms with E-state index in [2.05, 4.69) is 27.8 Å². The van der Waals surface area contributed by atoms with E-state index in [0.717, 1.165) is 0 Å². The van der Waals surface area contributed by atoms with Gasteiger partial charge in [-0.25, -0.2) is 4.39 Å². The number of halogens is 3. The Morgan fingerprint density at radius 2 is 2.33 bits per heavy atom. The quantitative estimate of drug-likeness (QED) is 0.922. The maximum absolute atomic E-state index is 13.6. The highest BCUT2D eigenvalue weighted by atomic mass is 79.9. The fraction of sp³-hybridized carbons (Fsp3) is 0.100. The highest BCUT2D eigenvalue weighted by Crippen LogP contribution is 2.26. The molecule has 2 nitrogen and oxygen atoms in total. The standard InChI is InChI=1S/C10H7BrClFN2/c1-6(12)5-15-8-3-2-7(4-14)9(11)10(8)13/h2-3,15H,1,5H2. The molecule has 0 atom stereocenters. The maximum atomic E-state index is 13.6. The second-order valence-electron chi connectivity index (χ2n) is 2.77. The van der Waals surface area contributed by atoms with E-state index in [1.165, 1.54) is 12.1 Å². The number of hydrogen-bond acceptors (Lipinski definition) is 2. The van der Waals surface area contributed by atoms with Crippen LogP contribution in [0.4, 0.5) is 10.1 Å². The van der Waals surface area contributed by atoms with E-state index in [4.69, 9.17) is 16.9 Å². The van der Waals surface area contributed by atoms with Gasteiger partial charge in [-0.2, -0.15) is 5.26 Å². The van der Waals surface area contributed by atoms with E-state index >= 15 is 0 Å². The average molecular weight is 290 g/mol. The molecule has 0 aromatic heterocycles. The second kappa shape index (κ2) is 5.15. The molecule has 0 saturated heterocycles. The lowest BCUT2D eigenvalue weighted by molar-refractivity contribution is 0.623. The Hall–Kier alpha value is -1.05. The first-order chi connectivity index (χ1) is 7.06. The Morgan fingerprint density at radius 1 is 1.67 bits per heavy atom. The molecule has 0 heterocycles. The Bertz CT molecular complexity index is 440. The van der Waals surface area contributed by atoms with Crippen LogP contribution in [0.3, 0.4) is 0 Å². The summed E-state index contributed by atoms with van der Waals surface area (Å²) in [5.74, 6) is -0.507. The SMILES string of the molecule is C=C(Cl)CNc1ccc(C#N)c(Br)c1F. The van der Waals surface area contributed by atoms with Gasteiger partial charge >= 0.3 is 0 Å². The van der Waals surface area contributed by atoms with Gasteiger partial charge in [0.15, 0.2) is 5.82 Å². The number of nitriles is 1. The second-order valence-corrected chi connectivity index (χ2v) is 4.10. The Morgan fingerprint density at radius 3 is 2.87 bits per heavy atom. The summed E-state index contributed by atoms with van der Waals surface area (Å²) in [6, 6.07) is 4.87. The van der Waals surface area contributed by atoms with Gasteiger partial charge in [0.2, 0.25) is 0 Å². The number of rotatable bonds is 3. The van der Waals surface area contributed by atoms with Crippen molar-refractivity contribution in [3.8, 4) is 6.07 Å². The summed E-state index contributed by atoms with van der Waals surface area (Å²) in [6.07, 6.45) is 0. The molecule has 1 rings (SSSR count). The summed E-state index contributed by atoms with van der Waals surface area (Å²) in [4.78, 5) is 0. The Labute approximate surface area is 100 Å². The fourth-order valence-electron chi connectivity index (χ4n) is 0.963. The fourth-order valence-corrected chi connectivity index (χ4v) is 1.46. The first kappa shape index (κ1) is 12.0. The number of benzene rings is 1. The number of nitrogens with zero attached hydrogens (tertiary/aromatic N) is 1. The van der Waals surface area contributed by atoms with E-state index in [0.29, 0.717) is 5.03 Å². The minimum absolute atomic E-state index is 0.148. The first-order valence-electron chi connectivity index (χ1n) is 4.01. The summed E-state index contributed by atoms with van der Waals surface area (Å²) in [7, 11) is 0. The molecule has 1 aromatic carbocycles. The van der Waals surface area contributed by atoms with Crippen molar-refractivity contribution in [1.82, 2.24) is 0 Å². The third-order valence-electron chi connectivity index (χ3n) is 1.67. The Kier molecular flexibility index (Phi) is 4.13. The average Bonchev–Trinajstić information content (AvgIpc) is 2.20. The summed E-state index contributed by atoms with van der Waals surface area (Å²) in [5, 5.41) is 11.8. The molecule has 1 N–H and O–H groups in total. The molecule has 1 aromatic rings. The third-order valence-corrected chi connectivity index (χ3v) is 2.58. The molecule has 0 amide bonds. The van der Waals surface area contributed by atoms with Crippen molar-refractivity contribution >= 4 is 33.2 Å². The van der Waals surface area contributed by atoms with Gasteiger partial charge in [-0.3, -0.25) is 0 Å². The minimum Gasteiger partial charge on any atom is -0.378 e. The van der Waals surface area contributed by atoms with Crippen LogP contribution in [-0.2, 0) is 0 Å². The van der Waals surface area contributed by atoms with Crippen molar-refractivity contribution in [3.63, 3.8) is 0 Å². The number of nitrogens with one attached hydrogen (secondary N) is 1. The first-order valence-corrected chi connectivity index (χ1v) is 5.18. The lowest BCUT2D eigenvalue weighted by Gasteiger charge is -2.08. The van der Waals surface area contributed by atoms with Crippen LogP contribution in [0.2, 0.25) is 0 Å². The number of anilines is 1. The predicted molar refractivity (Wildman–Crippen MR) is 62.3 cm³/mol. The molecular formula is C10H7BrClFN2. The molecule has 0 radical (unpaired) electrons. The molecule has 5 heteroatoms.